The van der Waals surface area contributed by atoms with Gasteiger partial charge in [-0.1, -0.05) is 12.1 Å². The van der Waals surface area contributed by atoms with Gasteiger partial charge in [0, 0.05) is 19.0 Å². The minimum absolute atomic E-state index is 0.110. The van der Waals surface area contributed by atoms with E-state index in [2.05, 4.69) is 18.0 Å². The average molecular weight is 229 g/mol. The molecule has 0 radical (unpaired) electrons. The van der Waals surface area contributed by atoms with Crippen molar-refractivity contribution in [3.05, 3.63) is 48.1 Å². The van der Waals surface area contributed by atoms with Crippen LogP contribution in [0.2, 0.25) is 0 Å². The summed E-state index contributed by atoms with van der Waals surface area (Å²) >= 11 is 0. The quantitative estimate of drug-likeness (QED) is 0.633. The molecule has 1 N–H and O–H groups in total. The zero-order chi connectivity index (χ0) is 12.1. The highest BCUT2D eigenvalue weighted by Crippen LogP contribution is 2.26. The molecule has 88 valence electrons. The fraction of sp³-hybridized carbons (Fsp3) is 0.214. The molecule has 1 heterocycles. The number of fused-ring (bicyclic) bond motifs is 1. The van der Waals surface area contributed by atoms with E-state index in [4.69, 9.17) is 4.74 Å². The summed E-state index contributed by atoms with van der Waals surface area (Å²) in [6, 6.07) is 5.95. The van der Waals surface area contributed by atoms with Crippen LogP contribution in [0.25, 0.3) is 6.08 Å². The van der Waals surface area contributed by atoms with Gasteiger partial charge >= 0.3 is 0 Å². The predicted octanol–water partition coefficient (Wildman–Crippen LogP) is 1.94. The van der Waals surface area contributed by atoms with Crippen LogP contribution in [0.15, 0.2) is 36.9 Å². The first-order valence-corrected chi connectivity index (χ1v) is 5.62. The highest BCUT2D eigenvalue weighted by atomic mass is 16.5. The molecular formula is C14H15NO2. The van der Waals surface area contributed by atoms with E-state index in [0.29, 0.717) is 6.54 Å². The molecule has 1 aliphatic heterocycles. The van der Waals surface area contributed by atoms with Crippen LogP contribution < -0.4 is 10.1 Å². The Kier molecular flexibility index (Phi) is 3.60. The van der Waals surface area contributed by atoms with Crippen molar-refractivity contribution in [2.24, 2.45) is 0 Å². The maximum atomic E-state index is 11.3. The summed E-state index contributed by atoms with van der Waals surface area (Å²) in [6.07, 6.45) is 5.93. The van der Waals surface area contributed by atoms with Gasteiger partial charge in [0.05, 0.1) is 6.61 Å². The Balaban J connectivity index is 2.01. The van der Waals surface area contributed by atoms with E-state index < -0.39 is 0 Å². The van der Waals surface area contributed by atoms with E-state index in [0.717, 1.165) is 24.3 Å². The summed E-state index contributed by atoms with van der Waals surface area (Å²) in [5, 5.41) is 2.69. The lowest BCUT2D eigenvalue weighted by atomic mass is 10.1. The summed E-state index contributed by atoms with van der Waals surface area (Å²) in [4.78, 5) is 11.3. The number of ether oxygens (including phenoxy) is 1. The smallest absolute Gasteiger partial charge is 0.244 e. The first kappa shape index (κ1) is 11.5. The number of rotatable bonds is 4. The molecule has 0 saturated heterocycles. The van der Waals surface area contributed by atoms with Crippen LogP contribution in [0, 0.1) is 0 Å². The van der Waals surface area contributed by atoms with E-state index in [-0.39, 0.29) is 5.91 Å². The predicted molar refractivity (Wildman–Crippen MR) is 67.9 cm³/mol. The number of hydrogen-bond donors (Lipinski definition) is 1. The largest absolute Gasteiger partial charge is 0.493 e. The molecule has 1 amide bonds. The Morgan fingerprint density at radius 1 is 1.53 bits per heavy atom. The van der Waals surface area contributed by atoms with Crippen molar-refractivity contribution >= 4 is 12.0 Å². The zero-order valence-corrected chi connectivity index (χ0v) is 9.61. The molecule has 0 aromatic heterocycles. The molecule has 0 aliphatic carbocycles. The van der Waals surface area contributed by atoms with Crippen molar-refractivity contribution in [2.45, 2.75) is 6.42 Å². The lowest BCUT2D eigenvalue weighted by Crippen LogP contribution is -2.20. The lowest BCUT2D eigenvalue weighted by molar-refractivity contribution is -0.116. The highest BCUT2D eigenvalue weighted by molar-refractivity contribution is 5.91. The van der Waals surface area contributed by atoms with Gasteiger partial charge in [-0.3, -0.25) is 4.79 Å². The third-order valence-electron chi connectivity index (χ3n) is 2.56. The van der Waals surface area contributed by atoms with Gasteiger partial charge in [-0.05, 0) is 29.3 Å². The Morgan fingerprint density at radius 3 is 3.24 bits per heavy atom. The monoisotopic (exact) mass is 229 g/mol. The van der Waals surface area contributed by atoms with E-state index in [1.165, 1.54) is 11.6 Å². The molecule has 1 aromatic carbocycles. The van der Waals surface area contributed by atoms with Gasteiger partial charge < -0.3 is 10.1 Å². The SMILES string of the molecule is C=CCNC(=O)/C=C/c1ccc2c(c1)CCO2. The Hall–Kier alpha value is -2.03. The Morgan fingerprint density at radius 2 is 2.41 bits per heavy atom. The molecule has 0 spiro atoms. The van der Waals surface area contributed by atoms with Crippen LogP contribution in [0.1, 0.15) is 11.1 Å². The first-order valence-electron chi connectivity index (χ1n) is 5.62. The van der Waals surface area contributed by atoms with Crippen LogP contribution in [0.3, 0.4) is 0 Å². The van der Waals surface area contributed by atoms with Crippen LogP contribution in [-0.2, 0) is 11.2 Å². The molecule has 0 bridgehead atoms. The minimum atomic E-state index is -0.110. The summed E-state index contributed by atoms with van der Waals surface area (Å²) < 4.78 is 5.42. The topological polar surface area (TPSA) is 38.3 Å². The van der Waals surface area contributed by atoms with Gasteiger partial charge in [0.15, 0.2) is 0 Å². The van der Waals surface area contributed by atoms with E-state index in [1.54, 1.807) is 12.2 Å². The molecule has 0 atom stereocenters. The maximum absolute atomic E-state index is 11.3. The van der Waals surface area contributed by atoms with E-state index >= 15 is 0 Å². The summed E-state index contributed by atoms with van der Waals surface area (Å²) in [5.74, 6) is 0.847. The van der Waals surface area contributed by atoms with Crippen LogP contribution in [-0.4, -0.2) is 19.1 Å². The molecule has 17 heavy (non-hydrogen) atoms. The van der Waals surface area contributed by atoms with Crippen molar-refractivity contribution in [3.63, 3.8) is 0 Å². The van der Waals surface area contributed by atoms with Crippen molar-refractivity contribution in [1.82, 2.24) is 5.32 Å². The van der Waals surface area contributed by atoms with Gasteiger partial charge in [-0.15, -0.1) is 6.58 Å². The van der Waals surface area contributed by atoms with Crippen LogP contribution >= 0.6 is 0 Å². The van der Waals surface area contributed by atoms with Crippen LogP contribution in [0.5, 0.6) is 5.75 Å². The fourth-order valence-electron chi connectivity index (χ4n) is 1.71. The summed E-state index contributed by atoms with van der Waals surface area (Å²) in [7, 11) is 0. The molecule has 2 rings (SSSR count). The van der Waals surface area contributed by atoms with Gasteiger partial charge in [0.1, 0.15) is 5.75 Å². The molecule has 0 saturated carbocycles. The van der Waals surface area contributed by atoms with Crippen molar-refractivity contribution in [1.29, 1.82) is 0 Å². The molecular weight excluding hydrogens is 214 g/mol. The normalized spacial score (nSPS) is 13.2. The molecule has 0 unspecified atom stereocenters. The second-order valence-corrected chi connectivity index (χ2v) is 3.83. The minimum Gasteiger partial charge on any atom is -0.493 e. The van der Waals surface area contributed by atoms with Gasteiger partial charge in [0.25, 0.3) is 0 Å². The number of benzene rings is 1. The Bertz CT molecular complexity index is 463. The number of hydrogen-bond acceptors (Lipinski definition) is 2. The van der Waals surface area contributed by atoms with Gasteiger partial charge in [-0.2, -0.15) is 0 Å². The van der Waals surface area contributed by atoms with Crippen molar-refractivity contribution in [2.75, 3.05) is 13.2 Å². The third-order valence-corrected chi connectivity index (χ3v) is 2.56. The number of carbonyl (C=O) groups is 1. The van der Waals surface area contributed by atoms with E-state index in [9.17, 15) is 4.79 Å². The van der Waals surface area contributed by atoms with Crippen molar-refractivity contribution in [3.8, 4) is 5.75 Å². The summed E-state index contributed by atoms with van der Waals surface area (Å²) in [6.45, 7) is 4.78. The second kappa shape index (κ2) is 5.34. The zero-order valence-electron chi connectivity index (χ0n) is 9.61. The second-order valence-electron chi connectivity index (χ2n) is 3.83. The average Bonchev–Trinajstić information content (AvgIpc) is 2.81. The molecule has 3 nitrogen and oxygen atoms in total. The van der Waals surface area contributed by atoms with E-state index in [1.807, 2.05) is 12.1 Å². The van der Waals surface area contributed by atoms with Gasteiger partial charge in [-0.25, -0.2) is 0 Å². The molecule has 3 heteroatoms. The first-order chi connectivity index (χ1) is 8.29. The van der Waals surface area contributed by atoms with Crippen LogP contribution in [0.4, 0.5) is 0 Å². The molecule has 1 aromatic rings. The fourth-order valence-corrected chi connectivity index (χ4v) is 1.71. The number of amides is 1. The molecule has 0 fully saturated rings. The standard InChI is InChI=1S/C14H15NO2/c1-2-8-15-14(16)6-4-11-3-5-13-12(10-11)7-9-17-13/h2-6,10H,1,7-9H2,(H,15,16)/b6-4+. The van der Waals surface area contributed by atoms with Crippen molar-refractivity contribution < 1.29 is 9.53 Å². The number of nitrogens with one attached hydrogen (secondary N) is 1. The highest BCUT2D eigenvalue weighted by Gasteiger charge is 2.10. The maximum Gasteiger partial charge on any atom is 0.244 e. The number of carbonyl (C=O) groups excluding carboxylic acids is 1. The lowest BCUT2D eigenvalue weighted by Gasteiger charge is -2.00. The Labute approximate surface area is 101 Å². The third kappa shape index (κ3) is 2.97. The molecule has 1 aliphatic rings. The summed E-state index contributed by atoms with van der Waals surface area (Å²) in [5.41, 5.74) is 2.22. The van der Waals surface area contributed by atoms with Gasteiger partial charge in [0.2, 0.25) is 5.91 Å².